The van der Waals surface area contributed by atoms with Crippen molar-refractivity contribution in [2.75, 3.05) is 26.4 Å². The first-order valence-electron chi connectivity index (χ1n) is 2.83. The Morgan fingerprint density at radius 1 is 1.40 bits per heavy atom. The Labute approximate surface area is 63.5 Å². The largest absolute Gasteiger partial charge is 0.376 e. The summed E-state index contributed by atoms with van der Waals surface area (Å²) < 4.78 is 10.0. The standard InChI is InChI=1S/C5H11NO2.2CH4/c6-1-2-8-5-3-7-4-5;;/h5H,1-4,6H2;2*1H4. The topological polar surface area (TPSA) is 44.5 Å². The van der Waals surface area contributed by atoms with Gasteiger partial charge in [0.05, 0.1) is 19.8 Å². The highest BCUT2D eigenvalue weighted by Gasteiger charge is 2.17. The Morgan fingerprint density at radius 2 is 2.00 bits per heavy atom. The number of nitrogens with two attached hydrogens (primary N) is 1. The monoisotopic (exact) mass is 149 g/mol. The molecule has 2 N–H and O–H groups in total. The highest BCUT2D eigenvalue weighted by Crippen LogP contribution is 2.03. The van der Waals surface area contributed by atoms with Gasteiger partial charge in [0.2, 0.25) is 0 Å². The molecule has 1 aliphatic heterocycles. The quantitative estimate of drug-likeness (QED) is 0.640. The van der Waals surface area contributed by atoms with E-state index in [4.69, 9.17) is 15.2 Å². The van der Waals surface area contributed by atoms with Gasteiger partial charge in [0.15, 0.2) is 0 Å². The number of hydrogen-bond donors (Lipinski definition) is 1. The summed E-state index contributed by atoms with van der Waals surface area (Å²) in [5.41, 5.74) is 5.19. The van der Waals surface area contributed by atoms with Crippen molar-refractivity contribution in [3.05, 3.63) is 0 Å². The minimum atomic E-state index is 0. The molecule has 0 atom stereocenters. The van der Waals surface area contributed by atoms with E-state index < -0.39 is 0 Å². The molecule has 1 fully saturated rings. The van der Waals surface area contributed by atoms with Crippen molar-refractivity contribution in [3.63, 3.8) is 0 Å². The molecule has 0 unspecified atom stereocenters. The molecule has 0 aliphatic carbocycles. The molecular formula is C7H19NO2. The molecular weight excluding hydrogens is 130 g/mol. The lowest BCUT2D eigenvalue weighted by Crippen LogP contribution is -2.37. The maximum atomic E-state index is 5.19. The van der Waals surface area contributed by atoms with E-state index in [0.717, 1.165) is 13.2 Å². The molecule has 3 heteroatoms. The Balaban J connectivity index is 0. The molecule has 10 heavy (non-hydrogen) atoms. The average Bonchev–Trinajstić information content (AvgIpc) is 1.63. The van der Waals surface area contributed by atoms with Crippen molar-refractivity contribution in [1.82, 2.24) is 0 Å². The van der Waals surface area contributed by atoms with Crippen molar-refractivity contribution in [1.29, 1.82) is 0 Å². The molecule has 0 amide bonds. The smallest absolute Gasteiger partial charge is 0.104 e. The van der Waals surface area contributed by atoms with Crippen LogP contribution in [0.15, 0.2) is 0 Å². The fourth-order valence-electron chi connectivity index (χ4n) is 0.545. The minimum absolute atomic E-state index is 0. The summed E-state index contributed by atoms with van der Waals surface area (Å²) in [6, 6.07) is 0. The van der Waals surface area contributed by atoms with E-state index in [-0.39, 0.29) is 14.9 Å². The highest BCUT2D eigenvalue weighted by atomic mass is 16.6. The molecule has 0 spiro atoms. The van der Waals surface area contributed by atoms with Crippen LogP contribution in [0.5, 0.6) is 0 Å². The zero-order valence-electron chi connectivity index (χ0n) is 4.80. The van der Waals surface area contributed by atoms with Crippen LogP contribution in [-0.4, -0.2) is 32.5 Å². The molecule has 1 aliphatic rings. The fourth-order valence-corrected chi connectivity index (χ4v) is 0.545. The van der Waals surface area contributed by atoms with Crippen molar-refractivity contribution < 1.29 is 9.47 Å². The zero-order valence-corrected chi connectivity index (χ0v) is 4.80. The van der Waals surface area contributed by atoms with Crippen molar-refractivity contribution in [3.8, 4) is 0 Å². The van der Waals surface area contributed by atoms with Gasteiger partial charge < -0.3 is 15.2 Å². The summed E-state index contributed by atoms with van der Waals surface area (Å²) >= 11 is 0. The third-order valence-electron chi connectivity index (χ3n) is 1.08. The van der Waals surface area contributed by atoms with Crippen molar-refractivity contribution in [2.45, 2.75) is 21.0 Å². The number of hydrogen-bond acceptors (Lipinski definition) is 3. The third kappa shape index (κ3) is 3.82. The van der Waals surface area contributed by atoms with E-state index in [9.17, 15) is 0 Å². The summed E-state index contributed by atoms with van der Waals surface area (Å²) in [6.07, 6.45) is 0.332. The molecule has 3 nitrogen and oxygen atoms in total. The normalized spacial score (nSPS) is 16.5. The van der Waals surface area contributed by atoms with Gasteiger partial charge in [-0.3, -0.25) is 0 Å². The first-order chi connectivity index (χ1) is 3.93. The van der Waals surface area contributed by atoms with Crippen LogP contribution in [0.2, 0.25) is 0 Å². The summed E-state index contributed by atoms with van der Waals surface area (Å²) in [7, 11) is 0. The van der Waals surface area contributed by atoms with Crippen molar-refractivity contribution >= 4 is 0 Å². The Kier molecular flexibility index (Phi) is 8.77. The van der Waals surface area contributed by atoms with Crippen LogP contribution in [0.4, 0.5) is 0 Å². The van der Waals surface area contributed by atoms with E-state index >= 15 is 0 Å². The number of ether oxygens (including phenoxy) is 2. The molecule has 0 radical (unpaired) electrons. The fraction of sp³-hybridized carbons (Fsp3) is 1.00. The van der Waals surface area contributed by atoms with Crippen LogP contribution in [0.3, 0.4) is 0 Å². The van der Waals surface area contributed by atoms with Gasteiger partial charge >= 0.3 is 0 Å². The van der Waals surface area contributed by atoms with Gasteiger partial charge in [-0.1, -0.05) is 14.9 Å². The lowest BCUT2D eigenvalue weighted by atomic mass is 10.3. The molecule has 1 heterocycles. The van der Waals surface area contributed by atoms with Crippen molar-refractivity contribution in [2.24, 2.45) is 5.73 Å². The molecule has 0 bridgehead atoms. The lowest BCUT2D eigenvalue weighted by Gasteiger charge is -2.25. The van der Waals surface area contributed by atoms with E-state index in [2.05, 4.69) is 0 Å². The van der Waals surface area contributed by atoms with Gasteiger partial charge in [0.1, 0.15) is 6.10 Å². The summed E-state index contributed by atoms with van der Waals surface area (Å²) in [6.45, 7) is 2.77. The summed E-state index contributed by atoms with van der Waals surface area (Å²) in [5, 5.41) is 0. The van der Waals surface area contributed by atoms with Gasteiger partial charge in [0.25, 0.3) is 0 Å². The average molecular weight is 149 g/mol. The van der Waals surface area contributed by atoms with Gasteiger partial charge in [0, 0.05) is 6.54 Å². The number of rotatable bonds is 3. The predicted molar refractivity (Wildman–Crippen MR) is 43.1 cm³/mol. The first-order valence-corrected chi connectivity index (χ1v) is 2.83. The summed E-state index contributed by atoms with van der Waals surface area (Å²) in [4.78, 5) is 0. The van der Waals surface area contributed by atoms with Crippen LogP contribution in [0, 0.1) is 0 Å². The molecule has 1 rings (SSSR count). The predicted octanol–water partition coefficient (Wildman–Crippen LogP) is 0.633. The third-order valence-corrected chi connectivity index (χ3v) is 1.08. The Hall–Kier alpha value is -0.120. The van der Waals surface area contributed by atoms with Crippen LogP contribution in [0.1, 0.15) is 14.9 Å². The molecule has 0 aromatic rings. The van der Waals surface area contributed by atoms with E-state index in [1.54, 1.807) is 0 Å². The summed E-state index contributed by atoms with van der Waals surface area (Å²) in [5.74, 6) is 0. The maximum absolute atomic E-state index is 5.19. The van der Waals surface area contributed by atoms with Gasteiger partial charge in [-0.05, 0) is 0 Å². The molecule has 0 saturated carbocycles. The maximum Gasteiger partial charge on any atom is 0.104 e. The second-order valence-corrected chi connectivity index (χ2v) is 1.82. The van der Waals surface area contributed by atoms with Gasteiger partial charge in [-0.2, -0.15) is 0 Å². The van der Waals surface area contributed by atoms with Crippen LogP contribution in [0.25, 0.3) is 0 Å². The van der Waals surface area contributed by atoms with Crippen LogP contribution < -0.4 is 5.73 Å². The second-order valence-electron chi connectivity index (χ2n) is 1.82. The highest BCUT2D eigenvalue weighted by molar-refractivity contribution is 4.63. The first kappa shape index (κ1) is 12.5. The van der Waals surface area contributed by atoms with E-state index in [1.165, 1.54) is 0 Å². The molecule has 1 saturated heterocycles. The molecule has 0 aromatic carbocycles. The Bertz CT molecular complexity index is 64.6. The Morgan fingerprint density at radius 3 is 2.30 bits per heavy atom. The van der Waals surface area contributed by atoms with Crippen LogP contribution >= 0.6 is 0 Å². The SMILES string of the molecule is C.C.NCCOC1COC1. The lowest BCUT2D eigenvalue weighted by molar-refractivity contribution is -0.127. The van der Waals surface area contributed by atoms with E-state index in [0.29, 0.717) is 19.3 Å². The molecule has 0 aromatic heterocycles. The van der Waals surface area contributed by atoms with Crippen LogP contribution in [-0.2, 0) is 9.47 Å². The van der Waals surface area contributed by atoms with Gasteiger partial charge in [-0.25, -0.2) is 0 Å². The van der Waals surface area contributed by atoms with Gasteiger partial charge in [-0.15, -0.1) is 0 Å². The second kappa shape index (κ2) is 6.99. The zero-order chi connectivity index (χ0) is 5.82. The van der Waals surface area contributed by atoms with E-state index in [1.807, 2.05) is 0 Å². The minimum Gasteiger partial charge on any atom is -0.376 e. The molecule has 64 valence electrons.